The fourth-order valence-electron chi connectivity index (χ4n) is 3.26. The number of hydrogen-bond acceptors (Lipinski definition) is 7. The Morgan fingerprint density at radius 1 is 1.09 bits per heavy atom. The Kier molecular flexibility index (Phi) is 7.23. The number of carbonyl (C=O) groups excluding carboxylic acids is 1. The molecule has 186 valence electrons. The van der Waals surface area contributed by atoms with E-state index in [0.29, 0.717) is 0 Å². The molecule has 1 aliphatic rings. The van der Waals surface area contributed by atoms with Gasteiger partial charge in [-0.15, -0.1) is 26.3 Å². The number of nitrogens with zero attached hydrogens (tertiary/aromatic N) is 1. The van der Waals surface area contributed by atoms with Gasteiger partial charge in [-0.3, -0.25) is 4.79 Å². The van der Waals surface area contributed by atoms with Gasteiger partial charge in [-0.2, -0.15) is 5.26 Å². The number of benzene rings is 2. The first kappa shape index (κ1) is 26.2. The number of ketones is 1. The molecule has 0 aromatic heterocycles. The molecule has 1 aliphatic heterocycles. The summed E-state index contributed by atoms with van der Waals surface area (Å²) in [5.74, 6) is -2.43. The Morgan fingerprint density at radius 2 is 1.71 bits per heavy atom. The molecule has 0 radical (unpaired) electrons. The van der Waals surface area contributed by atoms with Gasteiger partial charge in [-0.1, -0.05) is 6.07 Å². The maximum atomic E-state index is 13.0. The van der Waals surface area contributed by atoms with E-state index in [2.05, 4.69) is 9.47 Å². The second-order valence-electron chi connectivity index (χ2n) is 7.81. The van der Waals surface area contributed by atoms with Gasteiger partial charge in [0.25, 0.3) is 0 Å². The number of carbonyl (C=O) groups is 1. The SMILES string of the molecule is C[C@](C#N)(COc1ccc2c(c1OC(F)(F)F)B(O)OC2)CC(=O)c1ccc(OC(F)(F)F)cc1. The molecular formula is C21H16BF6NO6. The van der Waals surface area contributed by atoms with E-state index in [1.165, 1.54) is 13.0 Å². The summed E-state index contributed by atoms with van der Waals surface area (Å²) in [6, 6.07) is 8.41. The molecule has 0 bridgehead atoms. The lowest BCUT2D eigenvalue weighted by molar-refractivity contribution is -0.275. The summed E-state index contributed by atoms with van der Waals surface area (Å²) in [4.78, 5) is 12.6. The smallest absolute Gasteiger partial charge is 0.488 e. The third kappa shape index (κ3) is 6.80. The van der Waals surface area contributed by atoms with Gasteiger partial charge >= 0.3 is 19.8 Å². The minimum absolute atomic E-state index is 0.0140. The highest BCUT2D eigenvalue weighted by Gasteiger charge is 2.40. The topological polar surface area (TPSA) is 98.0 Å². The summed E-state index contributed by atoms with van der Waals surface area (Å²) in [5.41, 5.74) is -1.57. The average molecular weight is 503 g/mol. The standard InChI is InChI=1S/C21H16BF6NO6/c1-19(10-29,8-15(30)12-2-5-14(6-3-12)34-20(23,24)25)11-32-16-7-4-13-9-33-22(31)17(13)18(16)35-21(26,27)28/h2-7,31H,8-9,11H2,1H3/t19-/m0/s1. The Balaban J connectivity index is 1.75. The molecule has 0 saturated heterocycles. The molecule has 1 heterocycles. The lowest BCUT2D eigenvalue weighted by Crippen LogP contribution is -2.33. The average Bonchev–Trinajstić information content (AvgIpc) is 3.12. The van der Waals surface area contributed by atoms with Crippen LogP contribution in [-0.2, 0) is 11.3 Å². The Hall–Kier alpha value is -3.44. The summed E-state index contributed by atoms with van der Waals surface area (Å²) in [5, 5.41) is 19.5. The van der Waals surface area contributed by atoms with Crippen molar-refractivity contribution in [2.75, 3.05) is 6.61 Å². The van der Waals surface area contributed by atoms with Crippen LogP contribution >= 0.6 is 0 Å². The third-order valence-corrected chi connectivity index (χ3v) is 4.89. The fourth-order valence-corrected chi connectivity index (χ4v) is 3.26. The molecule has 0 amide bonds. The van der Waals surface area contributed by atoms with Gasteiger partial charge in [0.1, 0.15) is 12.4 Å². The number of nitriles is 1. The molecule has 35 heavy (non-hydrogen) atoms. The molecule has 1 atom stereocenters. The Labute approximate surface area is 194 Å². The van der Waals surface area contributed by atoms with Crippen LogP contribution in [0.3, 0.4) is 0 Å². The van der Waals surface area contributed by atoms with E-state index in [9.17, 15) is 41.4 Å². The van der Waals surface area contributed by atoms with Crippen molar-refractivity contribution in [3.05, 3.63) is 47.5 Å². The first-order valence-electron chi connectivity index (χ1n) is 9.84. The van der Waals surface area contributed by atoms with Crippen LogP contribution in [-0.4, -0.2) is 37.3 Å². The molecule has 0 spiro atoms. The Bertz CT molecular complexity index is 1130. The normalized spacial score (nSPS) is 15.1. The highest BCUT2D eigenvalue weighted by Crippen LogP contribution is 2.35. The molecule has 2 aromatic rings. The van der Waals surface area contributed by atoms with Crippen LogP contribution in [0.25, 0.3) is 0 Å². The van der Waals surface area contributed by atoms with Gasteiger partial charge in [0.15, 0.2) is 17.3 Å². The molecule has 1 N–H and O–H groups in total. The van der Waals surface area contributed by atoms with Gasteiger partial charge in [0.2, 0.25) is 0 Å². The minimum Gasteiger partial charge on any atom is -0.488 e. The van der Waals surface area contributed by atoms with E-state index in [1.54, 1.807) is 0 Å². The zero-order chi connectivity index (χ0) is 26.0. The predicted octanol–water partition coefficient (Wildman–Crippen LogP) is 3.88. The van der Waals surface area contributed by atoms with Crippen molar-refractivity contribution in [2.24, 2.45) is 5.41 Å². The number of halogens is 6. The maximum absolute atomic E-state index is 13.0. The van der Waals surface area contributed by atoms with Crippen molar-refractivity contribution in [1.29, 1.82) is 5.26 Å². The van der Waals surface area contributed by atoms with Crippen LogP contribution in [0.15, 0.2) is 36.4 Å². The van der Waals surface area contributed by atoms with Crippen molar-refractivity contribution in [1.82, 2.24) is 0 Å². The van der Waals surface area contributed by atoms with Gasteiger partial charge in [-0.05, 0) is 42.8 Å². The van der Waals surface area contributed by atoms with Crippen LogP contribution in [0.5, 0.6) is 17.2 Å². The molecular weight excluding hydrogens is 487 g/mol. The van der Waals surface area contributed by atoms with Crippen LogP contribution in [0.2, 0.25) is 0 Å². The zero-order valence-corrected chi connectivity index (χ0v) is 17.9. The molecule has 2 aromatic carbocycles. The molecule has 0 fully saturated rings. The number of ether oxygens (including phenoxy) is 3. The van der Waals surface area contributed by atoms with E-state index in [1.807, 2.05) is 6.07 Å². The van der Waals surface area contributed by atoms with Crippen molar-refractivity contribution in [2.45, 2.75) is 32.7 Å². The fraction of sp³-hybridized carbons (Fsp3) is 0.333. The predicted molar refractivity (Wildman–Crippen MR) is 107 cm³/mol. The van der Waals surface area contributed by atoms with Gasteiger partial charge in [0, 0.05) is 17.4 Å². The van der Waals surface area contributed by atoms with E-state index in [4.69, 9.17) is 9.39 Å². The van der Waals surface area contributed by atoms with E-state index in [-0.39, 0.29) is 23.2 Å². The van der Waals surface area contributed by atoms with Gasteiger partial charge < -0.3 is 23.9 Å². The third-order valence-electron chi connectivity index (χ3n) is 4.89. The second-order valence-corrected chi connectivity index (χ2v) is 7.81. The number of fused-ring (bicyclic) bond motifs is 1. The highest BCUT2D eigenvalue weighted by atomic mass is 19.4. The summed E-state index contributed by atoms with van der Waals surface area (Å²) in [7, 11) is -1.68. The summed E-state index contributed by atoms with van der Waals surface area (Å²) in [6.45, 7) is 0.623. The molecule has 3 rings (SSSR count). The quantitative estimate of drug-likeness (QED) is 0.332. The van der Waals surface area contributed by atoms with Crippen molar-refractivity contribution >= 4 is 18.4 Å². The van der Waals surface area contributed by atoms with E-state index < -0.39 is 61.3 Å². The van der Waals surface area contributed by atoms with Crippen molar-refractivity contribution < 1.29 is 55.0 Å². The molecule has 0 aliphatic carbocycles. The summed E-state index contributed by atoms with van der Waals surface area (Å²) < 4.78 is 93.8. The van der Waals surface area contributed by atoms with Crippen molar-refractivity contribution in [3.8, 4) is 23.3 Å². The van der Waals surface area contributed by atoms with E-state index >= 15 is 0 Å². The van der Waals surface area contributed by atoms with Gasteiger partial charge in [0.05, 0.1) is 18.1 Å². The van der Waals surface area contributed by atoms with Crippen LogP contribution in [0.1, 0.15) is 29.3 Å². The molecule has 7 nitrogen and oxygen atoms in total. The zero-order valence-electron chi connectivity index (χ0n) is 17.9. The molecule has 0 unspecified atom stereocenters. The van der Waals surface area contributed by atoms with Crippen LogP contribution in [0, 0.1) is 16.7 Å². The second kappa shape index (κ2) is 9.67. The lowest BCUT2D eigenvalue weighted by Gasteiger charge is -2.23. The van der Waals surface area contributed by atoms with Crippen LogP contribution in [0.4, 0.5) is 26.3 Å². The molecule has 0 saturated carbocycles. The largest absolute Gasteiger partial charge is 0.573 e. The first-order chi connectivity index (χ1) is 16.2. The van der Waals surface area contributed by atoms with Gasteiger partial charge in [-0.25, -0.2) is 0 Å². The minimum atomic E-state index is -5.12. The van der Waals surface area contributed by atoms with Crippen LogP contribution < -0.4 is 19.7 Å². The monoisotopic (exact) mass is 503 g/mol. The Morgan fingerprint density at radius 3 is 2.29 bits per heavy atom. The maximum Gasteiger partial charge on any atom is 0.573 e. The summed E-state index contributed by atoms with van der Waals surface area (Å²) >= 11 is 0. The first-order valence-corrected chi connectivity index (χ1v) is 9.84. The lowest BCUT2D eigenvalue weighted by atomic mass is 9.78. The highest BCUT2D eigenvalue weighted by molar-refractivity contribution is 6.62. The number of hydrogen-bond donors (Lipinski definition) is 1. The van der Waals surface area contributed by atoms with E-state index in [0.717, 1.165) is 30.3 Å². The number of alkyl halides is 6. The van der Waals surface area contributed by atoms with Crippen molar-refractivity contribution in [3.63, 3.8) is 0 Å². The number of rotatable bonds is 8. The molecule has 14 heteroatoms. The number of Topliss-reactive ketones (excluding diaryl/α,β-unsaturated/α-hetero) is 1. The summed E-state index contributed by atoms with van der Waals surface area (Å²) in [6.07, 6.45) is -10.5.